The minimum absolute atomic E-state index is 0.153. The van der Waals surface area contributed by atoms with E-state index in [1.54, 1.807) is 6.92 Å². The lowest BCUT2D eigenvalue weighted by Crippen LogP contribution is -2.36. The number of nitrogens with one attached hydrogen (secondary N) is 1. The number of hydrogen-bond acceptors (Lipinski definition) is 3. The van der Waals surface area contributed by atoms with Crippen molar-refractivity contribution in [3.8, 4) is 0 Å². The molecule has 4 nitrogen and oxygen atoms in total. The van der Waals surface area contributed by atoms with Crippen LogP contribution in [0.1, 0.15) is 31.7 Å². The van der Waals surface area contributed by atoms with Crippen molar-refractivity contribution < 1.29 is 12.8 Å². The predicted molar refractivity (Wildman–Crippen MR) is 85.8 cm³/mol. The van der Waals surface area contributed by atoms with E-state index in [-0.39, 0.29) is 4.90 Å². The van der Waals surface area contributed by atoms with Crippen molar-refractivity contribution >= 4 is 10.0 Å². The quantitative estimate of drug-likeness (QED) is 0.817. The fourth-order valence-corrected chi connectivity index (χ4v) is 4.29. The molecule has 124 valence electrons. The minimum atomic E-state index is -3.56. The molecule has 22 heavy (non-hydrogen) atoms. The number of piperidine rings is 1. The first-order chi connectivity index (χ1) is 10.4. The van der Waals surface area contributed by atoms with Crippen molar-refractivity contribution in [1.82, 2.24) is 9.62 Å². The second kappa shape index (κ2) is 7.53. The summed E-state index contributed by atoms with van der Waals surface area (Å²) in [5.74, 6) is 0.308. The molecule has 1 atom stereocenters. The molecule has 1 heterocycles. The van der Waals surface area contributed by atoms with Crippen LogP contribution >= 0.6 is 0 Å². The molecule has 6 heteroatoms. The molecule has 0 saturated carbocycles. The molecule has 0 aliphatic carbocycles. The number of benzene rings is 1. The maximum atomic E-state index is 13.1. The number of sulfonamides is 1. The summed E-state index contributed by atoms with van der Waals surface area (Å²) in [6, 6.07) is 3.74. The third-order valence-corrected chi connectivity index (χ3v) is 5.73. The highest BCUT2D eigenvalue weighted by Crippen LogP contribution is 2.17. The number of halogens is 1. The third kappa shape index (κ3) is 4.76. The standard InChI is InChI=1S/C16H25FN2O2S/c1-13-5-3-9-19(12-13)10-4-8-18-22(20,21)16-7-6-15(17)11-14(16)2/h6-7,11,13,18H,3-5,8-10,12H2,1-2H3/t13-/m0/s1. The van der Waals surface area contributed by atoms with Crippen molar-refractivity contribution in [3.63, 3.8) is 0 Å². The van der Waals surface area contributed by atoms with E-state index in [1.165, 1.54) is 31.0 Å². The average molecular weight is 328 g/mol. The topological polar surface area (TPSA) is 49.4 Å². The van der Waals surface area contributed by atoms with Crippen molar-refractivity contribution in [2.75, 3.05) is 26.2 Å². The lowest BCUT2D eigenvalue weighted by atomic mass is 10.0. The highest BCUT2D eigenvalue weighted by atomic mass is 32.2. The van der Waals surface area contributed by atoms with Gasteiger partial charge in [0.1, 0.15) is 5.82 Å². The van der Waals surface area contributed by atoms with Crippen LogP contribution in [0.2, 0.25) is 0 Å². The summed E-state index contributed by atoms with van der Waals surface area (Å²) in [6.45, 7) is 7.39. The van der Waals surface area contributed by atoms with Crippen molar-refractivity contribution in [3.05, 3.63) is 29.6 Å². The van der Waals surface area contributed by atoms with Gasteiger partial charge in [0.15, 0.2) is 0 Å². The molecule has 0 spiro atoms. The molecule has 1 aromatic rings. The summed E-state index contributed by atoms with van der Waals surface area (Å²) in [6.07, 6.45) is 3.29. The zero-order valence-electron chi connectivity index (χ0n) is 13.3. The lowest BCUT2D eigenvalue weighted by molar-refractivity contribution is 0.182. The van der Waals surface area contributed by atoms with Crippen LogP contribution in [-0.2, 0) is 10.0 Å². The first-order valence-corrected chi connectivity index (χ1v) is 9.35. The predicted octanol–water partition coefficient (Wildman–Crippen LogP) is 2.53. The Bertz CT molecular complexity index is 604. The molecule has 2 rings (SSSR count). The summed E-state index contributed by atoms with van der Waals surface area (Å²) in [7, 11) is -3.56. The highest BCUT2D eigenvalue weighted by molar-refractivity contribution is 7.89. The SMILES string of the molecule is Cc1cc(F)ccc1S(=O)(=O)NCCCN1CCC[C@H](C)C1. The fraction of sp³-hybridized carbons (Fsp3) is 0.625. The summed E-state index contributed by atoms with van der Waals surface area (Å²) in [5.41, 5.74) is 0.428. The summed E-state index contributed by atoms with van der Waals surface area (Å²) in [4.78, 5) is 2.55. The zero-order chi connectivity index (χ0) is 16.2. The van der Waals surface area contributed by atoms with Crippen LogP contribution in [0.4, 0.5) is 4.39 Å². The molecule has 1 N–H and O–H groups in total. The van der Waals surface area contributed by atoms with E-state index in [4.69, 9.17) is 0 Å². The van der Waals surface area contributed by atoms with Crippen LogP contribution in [0, 0.1) is 18.7 Å². The van der Waals surface area contributed by atoms with Gasteiger partial charge in [0.2, 0.25) is 10.0 Å². The van der Waals surface area contributed by atoms with Crippen LogP contribution in [-0.4, -0.2) is 39.5 Å². The molecule has 0 unspecified atom stereocenters. The molecule has 0 bridgehead atoms. The third-order valence-electron chi connectivity index (χ3n) is 4.11. The Morgan fingerprint density at radius 1 is 1.41 bits per heavy atom. The van der Waals surface area contributed by atoms with Gasteiger partial charge in [-0.2, -0.15) is 0 Å². The van der Waals surface area contributed by atoms with Crippen molar-refractivity contribution in [2.24, 2.45) is 5.92 Å². The minimum Gasteiger partial charge on any atom is -0.303 e. The molecular weight excluding hydrogens is 303 g/mol. The van der Waals surface area contributed by atoms with Gasteiger partial charge in [-0.1, -0.05) is 6.92 Å². The Morgan fingerprint density at radius 2 is 2.18 bits per heavy atom. The number of aryl methyl sites for hydroxylation is 1. The van der Waals surface area contributed by atoms with E-state index in [1.807, 2.05) is 0 Å². The average Bonchev–Trinajstić information content (AvgIpc) is 2.43. The van der Waals surface area contributed by atoms with Gasteiger partial charge < -0.3 is 4.90 Å². The maximum Gasteiger partial charge on any atom is 0.240 e. The van der Waals surface area contributed by atoms with Crippen LogP contribution in [0.3, 0.4) is 0 Å². The molecule has 1 fully saturated rings. The normalized spacial score (nSPS) is 20.2. The summed E-state index contributed by atoms with van der Waals surface area (Å²) < 4.78 is 40.1. The van der Waals surface area contributed by atoms with Gasteiger partial charge >= 0.3 is 0 Å². The Balaban J connectivity index is 1.82. The maximum absolute atomic E-state index is 13.1. The van der Waals surface area contributed by atoms with E-state index < -0.39 is 15.8 Å². The number of hydrogen-bond donors (Lipinski definition) is 1. The van der Waals surface area contributed by atoms with Gasteiger partial charge in [-0.05, 0) is 69.0 Å². The fourth-order valence-electron chi connectivity index (χ4n) is 2.99. The first-order valence-electron chi connectivity index (χ1n) is 7.86. The van der Waals surface area contributed by atoms with E-state index in [0.717, 1.165) is 32.0 Å². The Morgan fingerprint density at radius 3 is 2.86 bits per heavy atom. The molecule has 1 aliphatic heterocycles. The van der Waals surface area contributed by atoms with Gasteiger partial charge in [0, 0.05) is 13.1 Å². The summed E-state index contributed by atoms with van der Waals surface area (Å²) >= 11 is 0. The molecule has 1 aromatic carbocycles. The second-order valence-corrected chi connectivity index (χ2v) is 7.94. The molecule has 0 radical (unpaired) electrons. The summed E-state index contributed by atoms with van der Waals surface area (Å²) in [5, 5.41) is 0. The van der Waals surface area contributed by atoms with Crippen LogP contribution in [0.5, 0.6) is 0 Å². The lowest BCUT2D eigenvalue weighted by Gasteiger charge is -2.30. The Kier molecular flexibility index (Phi) is 5.94. The van der Waals surface area contributed by atoms with Gasteiger partial charge in [-0.15, -0.1) is 0 Å². The molecular formula is C16H25FN2O2S. The van der Waals surface area contributed by atoms with E-state index in [0.29, 0.717) is 12.1 Å². The number of rotatable bonds is 6. The van der Waals surface area contributed by atoms with Gasteiger partial charge in [0.25, 0.3) is 0 Å². The monoisotopic (exact) mass is 328 g/mol. The molecule has 1 saturated heterocycles. The number of nitrogens with zero attached hydrogens (tertiary/aromatic N) is 1. The zero-order valence-corrected chi connectivity index (χ0v) is 14.1. The first kappa shape index (κ1) is 17.4. The second-order valence-electron chi connectivity index (χ2n) is 6.21. The van der Waals surface area contributed by atoms with Crippen LogP contribution in [0.25, 0.3) is 0 Å². The molecule has 0 amide bonds. The van der Waals surface area contributed by atoms with E-state index >= 15 is 0 Å². The Labute approximate surface area is 132 Å². The highest BCUT2D eigenvalue weighted by Gasteiger charge is 2.18. The number of likely N-dealkylation sites (tertiary alicyclic amines) is 1. The molecule has 0 aromatic heterocycles. The van der Waals surface area contributed by atoms with Crippen LogP contribution < -0.4 is 4.72 Å². The van der Waals surface area contributed by atoms with Gasteiger partial charge in [-0.25, -0.2) is 17.5 Å². The Hall–Kier alpha value is -0.980. The van der Waals surface area contributed by atoms with Crippen molar-refractivity contribution in [2.45, 2.75) is 38.0 Å². The van der Waals surface area contributed by atoms with Gasteiger partial charge in [0.05, 0.1) is 4.90 Å². The van der Waals surface area contributed by atoms with E-state index in [2.05, 4.69) is 16.5 Å². The molecule has 1 aliphatic rings. The van der Waals surface area contributed by atoms with E-state index in [9.17, 15) is 12.8 Å². The largest absolute Gasteiger partial charge is 0.303 e. The smallest absolute Gasteiger partial charge is 0.240 e. The van der Waals surface area contributed by atoms with Crippen molar-refractivity contribution in [1.29, 1.82) is 0 Å². The van der Waals surface area contributed by atoms with Gasteiger partial charge in [-0.3, -0.25) is 0 Å². The van der Waals surface area contributed by atoms with Crippen LogP contribution in [0.15, 0.2) is 23.1 Å².